The minimum absolute atomic E-state index is 0.229. The fraction of sp³-hybridized carbons (Fsp3) is 0.842. The molecule has 0 aromatic rings. The van der Waals surface area contributed by atoms with Crippen molar-refractivity contribution in [2.24, 2.45) is 0 Å². The smallest absolute Gasteiger partial charge is 0.308 e. The molecule has 0 rings (SSSR count). The van der Waals surface area contributed by atoms with E-state index in [1.54, 1.807) is 0 Å². The lowest BCUT2D eigenvalue weighted by molar-refractivity contribution is -0.190. The number of unbranched alkanes of at least 4 members (excludes halogenated alkanes) is 9. The van der Waals surface area contributed by atoms with Gasteiger partial charge in [0.15, 0.2) is 0 Å². The van der Waals surface area contributed by atoms with Gasteiger partial charge in [0.2, 0.25) is 6.29 Å². The van der Waals surface area contributed by atoms with Gasteiger partial charge in [-0.2, -0.15) is 0 Å². The van der Waals surface area contributed by atoms with Gasteiger partial charge in [-0.3, -0.25) is 4.79 Å². The molecule has 24 heavy (non-hydrogen) atoms. The molecule has 0 radical (unpaired) electrons. The molecule has 0 aliphatic rings. The highest BCUT2D eigenvalue weighted by Crippen LogP contribution is 2.10. The normalized spacial score (nSPS) is 14.0. The Morgan fingerprint density at radius 2 is 1.46 bits per heavy atom. The second-order valence-corrected chi connectivity index (χ2v) is 6.26. The predicted molar refractivity (Wildman–Crippen MR) is 95.4 cm³/mol. The fourth-order valence-electron chi connectivity index (χ4n) is 2.35. The number of esters is 1. The van der Waals surface area contributed by atoms with Crippen molar-refractivity contribution in [1.82, 2.24) is 0 Å². The van der Waals surface area contributed by atoms with E-state index in [0.717, 1.165) is 25.7 Å². The third-order valence-corrected chi connectivity index (χ3v) is 3.91. The Kier molecular flexibility index (Phi) is 16.3. The van der Waals surface area contributed by atoms with Crippen LogP contribution in [-0.2, 0) is 9.53 Å². The number of aliphatic hydroxyl groups excluding tert-OH is 3. The van der Waals surface area contributed by atoms with Crippen molar-refractivity contribution in [2.45, 2.75) is 96.4 Å². The van der Waals surface area contributed by atoms with E-state index >= 15 is 0 Å². The Balaban J connectivity index is 3.35. The molecular weight excluding hydrogens is 308 g/mol. The van der Waals surface area contributed by atoms with Crippen LogP contribution in [0.1, 0.15) is 84.0 Å². The van der Waals surface area contributed by atoms with E-state index in [4.69, 9.17) is 10.2 Å². The molecule has 0 aromatic heterocycles. The molecule has 0 bridgehead atoms. The van der Waals surface area contributed by atoms with Gasteiger partial charge in [0.1, 0.15) is 6.10 Å². The van der Waals surface area contributed by atoms with Crippen LogP contribution in [0.15, 0.2) is 12.2 Å². The first kappa shape index (κ1) is 23.1. The summed E-state index contributed by atoms with van der Waals surface area (Å²) in [6, 6.07) is 0. The predicted octanol–water partition coefficient (Wildman–Crippen LogP) is 3.46. The van der Waals surface area contributed by atoms with Gasteiger partial charge in [-0.05, 0) is 32.1 Å². The molecule has 0 saturated heterocycles. The third-order valence-electron chi connectivity index (χ3n) is 3.91. The maximum Gasteiger partial charge on any atom is 0.308 e. The first-order chi connectivity index (χ1) is 11.6. The molecule has 0 spiro atoms. The van der Waals surface area contributed by atoms with Crippen LogP contribution in [0, 0.1) is 0 Å². The van der Waals surface area contributed by atoms with Gasteiger partial charge in [0.05, 0.1) is 6.61 Å². The van der Waals surface area contributed by atoms with E-state index in [1.807, 2.05) is 0 Å². The average molecular weight is 344 g/mol. The first-order valence-corrected chi connectivity index (χ1v) is 9.43. The topological polar surface area (TPSA) is 87.0 Å². The second-order valence-electron chi connectivity index (χ2n) is 6.26. The Hall–Kier alpha value is -0.910. The van der Waals surface area contributed by atoms with Gasteiger partial charge in [0.25, 0.3) is 0 Å². The molecule has 5 heteroatoms. The number of carbonyl (C=O) groups is 1. The number of hydrogen-bond donors (Lipinski definition) is 3. The molecule has 0 fully saturated rings. The Labute approximate surface area is 146 Å². The van der Waals surface area contributed by atoms with Crippen molar-refractivity contribution >= 4 is 5.97 Å². The first-order valence-electron chi connectivity index (χ1n) is 9.43. The van der Waals surface area contributed by atoms with Crippen LogP contribution in [0.4, 0.5) is 0 Å². The zero-order chi connectivity index (χ0) is 18.0. The van der Waals surface area contributed by atoms with Crippen molar-refractivity contribution < 1.29 is 24.9 Å². The maximum absolute atomic E-state index is 11.4. The Bertz CT molecular complexity index is 317. The summed E-state index contributed by atoms with van der Waals surface area (Å²) < 4.78 is 4.61. The lowest BCUT2D eigenvalue weighted by Crippen LogP contribution is -2.33. The molecular formula is C19H36O5. The summed E-state index contributed by atoms with van der Waals surface area (Å²) >= 11 is 0. The zero-order valence-electron chi connectivity index (χ0n) is 15.2. The van der Waals surface area contributed by atoms with Crippen LogP contribution in [0.2, 0.25) is 0 Å². The molecule has 5 nitrogen and oxygen atoms in total. The van der Waals surface area contributed by atoms with E-state index in [9.17, 15) is 9.90 Å². The zero-order valence-corrected chi connectivity index (χ0v) is 15.2. The van der Waals surface area contributed by atoms with Crippen LogP contribution in [0.25, 0.3) is 0 Å². The third kappa shape index (κ3) is 14.7. The summed E-state index contributed by atoms with van der Waals surface area (Å²) in [5, 5.41) is 26.9. The van der Waals surface area contributed by atoms with Crippen molar-refractivity contribution in [2.75, 3.05) is 6.61 Å². The molecule has 2 atom stereocenters. The lowest BCUT2D eigenvalue weighted by Gasteiger charge is -2.15. The van der Waals surface area contributed by atoms with E-state index < -0.39 is 25.0 Å². The lowest BCUT2D eigenvalue weighted by atomic mass is 10.1. The highest BCUT2D eigenvalue weighted by Gasteiger charge is 2.19. The molecule has 3 N–H and O–H groups in total. The maximum atomic E-state index is 11.4. The summed E-state index contributed by atoms with van der Waals surface area (Å²) in [7, 11) is 0. The Morgan fingerprint density at radius 3 is 2.04 bits per heavy atom. The second kappa shape index (κ2) is 16.9. The van der Waals surface area contributed by atoms with Crippen LogP contribution >= 0.6 is 0 Å². The SMILES string of the molecule is CCCCCC/C=C\CCCCCCCC(=O)OC(O)C(O)CO. The van der Waals surface area contributed by atoms with Gasteiger partial charge >= 0.3 is 5.97 Å². The highest BCUT2D eigenvalue weighted by atomic mass is 16.6. The summed E-state index contributed by atoms with van der Waals surface area (Å²) in [6.45, 7) is 1.59. The summed E-state index contributed by atoms with van der Waals surface area (Å²) in [5.41, 5.74) is 0. The van der Waals surface area contributed by atoms with Crippen molar-refractivity contribution in [3.05, 3.63) is 12.2 Å². The summed E-state index contributed by atoms with van der Waals surface area (Å²) in [6.07, 6.45) is 14.4. The molecule has 0 aromatic carbocycles. The largest absolute Gasteiger partial charge is 0.433 e. The van der Waals surface area contributed by atoms with E-state index in [0.29, 0.717) is 6.42 Å². The summed E-state index contributed by atoms with van der Waals surface area (Å²) in [5.74, 6) is -0.541. The molecule has 0 aliphatic carbocycles. The molecule has 0 amide bonds. The number of hydrogen-bond acceptors (Lipinski definition) is 5. The van der Waals surface area contributed by atoms with Gasteiger partial charge in [-0.1, -0.05) is 57.6 Å². The molecule has 0 heterocycles. The highest BCUT2D eigenvalue weighted by molar-refractivity contribution is 5.69. The number of ether oxygens (including phenoxy) is 1. The summed E-state index contributed by atoms with van der Waals surface area (Å²) in [4.78, 5) is 11.4. The van der Waals surface area contributed by atoms with Crippen molar-refractivity contribution in [3.63, 3.8) is 0 Å². The molecule has 2 unspecified atom stereocenters. The number of rotatable bonds is 16. The monoisotopic (exact) mass is 344 g/mol. The number of aliphatic hydroxyl groups is 3. The van der Waals surface area contributed by atoms with Gasteiger partial charge < -0.3 is 20.1 Å². The number of allylic oxidation sites excluding steroid dienone is 2. The average Bonchev–Trinajstić information content (AvgIpc) is 2.58. The quantitative estimate of drug-likeness (QED) is 0.173. The molecule has 0 saturated carbocycles. The van der Waals surface area contributed by atoms with Crippen molar-refractivity contribution in [1.29, 1.82) is 0 Å². The fourth-order valence-corrected chi connectivity index (χ4v) is 2.35. The van der Waals surface area contributed by atoms with Crippen LogP contribution < -0.4 is 0 Å². The standard InChI is InChI=1S/C19H36O5/c1-2-3-4-5-6-7-8-9-10-11-12-13-14-15-18(22)24-19(23)17(21)16-20/h7-8,17,19-21,23H,2-6,9-16H2,1H3/b8-7-. The molecule has 142 valence electrons. The van der Waals surface area contributed by atoms with Crippen LogP contribution in [0.3, 0.4) is 0 Å². The van der Waals surface area contributed by atoms with Gasteiger partial charge in [-0.15, -0.1) is 0 Å². The van der Waals surface area contributed by atoms with Crippen LogP contribution in [0.5, 0.6) is 0 Å². The van der Waals surface area contributed by atoms with Crippen LogP contribution in [-0.4, -0.2) is 40.3 Å². The van der Waals surface area contributed by atoms with E-state index in [2.05, 4.69) is 23.8 Å². The Morgan fingerprint density at radius 1 is 0.917 bits per heavy atom. The van der Waals surface area contributed by atoms with E-state index in [1.165, 1.54) is 38.5 Å². The van der Waals surface area contributed by atoms with Gasteiger partial charge in [0, 0.05) is 6.42 Å². The van der Waals surface area contributed by atoms with Crippen molar-refractivity contribution in [3.8, 4) is 0 Å². The number of carbonyl (C=O) groups excluding carboxylic acids is 1. The van der Waals surface area contributed by atoms with E-state index in [-0.39, 0.29) is 6.42 Å². The molecule has 0 aliphatic heterocycles. The van der Waals surface area contributed by atoms with Gasteiger partial charge in [-0.25, -0.2) is 0 Å². The minimum Gasteiger partial charge on any atom is -0.433 e. The minimum atomic E-state index is -1.64.